The Hall–Kier alpha value is -3.25. The zero-order valence-electron chi connectivity index (χ0n) is 22.7. The van der Waals surface area contributed by atoms with Gasteiger partial charge in [-0.25, -0.2) is 9.97 Å². The van der Waals surface area contributed by atoms with Gasteiger partial charge in [0.25, 0.3) is 5.88 Å². The Balaban J connectivity index is 1.31. The van der Waals surface area contributed by atoms with Crippen molar-refractivity contribution in [2.75, 3.05) is 70.3 Å². The molecule has 0 bridgehead atoms. The van der Waals surface area contributed by atoms with E-state index in [2.05, 4.69) is 39.9 Å². The largest absolute Gasteiger partial charge is 0.433 e. The van der Waals surface area contributed by atoms with Crippen LogP contribution in [-0.4, -0.2) is 89.4 Å². The minimum absolute atomic E-state index is 0.204. The Kier molecular flexibility index (Phi) is 7.15. The van der Waals surface area contributed by atoms with Crippen molar-refractivity contribution in [2.45, 2.75) is 37.8 Å². The molecule has 0 aliphatic carbocycles. The number of nitrogens with two attached hydrogens (primary N) is 1. The van der Waals surface area contributed by atoms with E-state index in [9.17, 15) is 5.11 Å². The summed E-state index contributed by atoms with van der Waals surface area (Å²) in [6.07, 6.45) is 7.88. The van der Waals surface area contributed by atoms with Crippen molar-refractivity contribution in [3.63, 3.8) is 0 Å². The molecule has 11 nitrogen and oxygen atoms in total. The third kappa shape index (κ3) is 5.31. The maximum Gasteiger partial charge on any atom is 0.263 e. The van der Waals surface area contributed by atoms with Gasteiger partial charge in [-0.15, -0.1) is 0 Å². The molecule has 0 amide bonds. The van der Waals surface area contributed by atoms with Crippen LogP contribution in [0, 0.1) is 6.92 Å². The van der Waals surface area contributed by atoms with Crippen LogP contribution in [0.4, 0.5) is 11.5 Å². The number of piperidine rings is 1. The fourth-order valence-electron chi connectivity index (χ4n) is 5.80. The Morgan fingerprint density at radius 1 is 1.08 bits per heavy atom. The molecule has 3 aliphatic rings. The number of nitrogens with zero attached hydrogens (tertiary/aromatic N) is 6. The summed E-state index contributed by atoms with van der Waals surface area (Å²) < 4.78 is 19.3. The van der Waals surface area contributed by atoms with Crippen molar-refractivity contribution >= 4 is 11.5 Å². The molecule has 5 heterocycles. The van der Waals surface area contributed by atoms with E-state index < -0.39 is 5.60 Å². The highest BCUT2D eigenvalue weighted by Crippen LogP contribution is 2.42. The van der Waals surface area contributed by atoms with E-state index in [-0.39, 0.29) is 18.3 Å². The van der Waals surface area contributed by atoms with Gasteiger partial charge in [0, 0.05) is 42.9 Å². The van der Waals surface area contributed by atoms with Crippen LogP contribution in [0.25, 0.3) is 11.3 Å². The average molecular weight is 536 g/mol. The molecule has 6 rings (SSSR count). The molecule has 11 heteroatoms. The Labute approximate surface area is 228 Å². The third-order valence-electron chi connectivity index (χ3n) is 8.05. The first-order chi connectivity index (χ1) is 18.9. The number of ether oxygens (including phenoxy) is 3. The van der Waals surface area contributed by atoms with Crippen LogP contribution in [0.1, 0.15) is 36.4 Å². The predicted octanol–water partition coefficient (Wildman–Crippen LogP) is 2.73. The number of anilines is 2. The van der Waals surface area contributed by atoms with Gasteiger partial charge in [-0.05, 0) is 57.6 Å². The summed E-state index contributed by atoms with van der Waals surface area (Å²) in [4.78, 5) is 13.8. The Morgan fingerprint density at radius 2 is 1.87 bits per heavy atom. The lowest BCUT2D eigenvalue weighted by Gasteiger charge is -2.35. The molecule has 3 saturated heterocycles. The topological polar surface area (TPSA) is 124 Å². The minimum Gasteiger partial charge on any atom is -0.433 e. The molecule has 3 N–H and O–H groups in total. The molecule has 3 fully saturated rings. The van der Waals surface area contributed by atoms with Crippen LogP contribution in [0.3, 0.4) is 0 Å². The second-order valence-electron chi connectivity index (χ2n) is 10.9. The summed E-state index contributed by atoms with van der Waals surface area (Å²) in [5, 5.41) is 16.1. The minimum atomic E-state index is -1.07. The summed E-state index contributed by atoms with van der Waals surface area (Å²) in [5.74, 6) is 1.01. The van der Waals surface area contributed by atoms with Crippen LogP contribution in [-0.2, 0) is 15.1 Å². The Bertz CT molecular complexity index is 1310. The van der Waals surface area contributed by atoms with Crippen molar-refractivity contribution in [1.29, 1.82) is 0 Å². The van der Waals surface area contributed by atoms with Crippen molar-refractivity contribution in [3.05, 3.63) is 41.9 Å². The lowest BCUT2D eigenvalue weighted by atomic mass is 9.87. The van der Waals surface area contributed by atoms with Gasteiger partial charge in [0.1, 0.15) is 5.60 Å². The zero-order valence-corrected chi connectivity index (χ0v) is 22.7. The number of aliphatic hydroxyl groups is 1. The van der Waals surface area contributed by atoms with Crippen LogP contribution in [0.15, 0.2) is 30.7 Å². The first-order valence-corrected chi connectivity index (χ1v) is 13.7. The van der Waals surface area contributed by atoms with Crippen LogP contribution >= 0.6 is 0 Å². The molecule has 1 atom stereocenters. The second kappa shape index (κ2) is 10.7. The molecule has 1 aromatic carbocycles. The van der Waals surface area contributed by atoms with Gasteiger partial charge >= 0.3 is 0 Å². The number of nitrogen functional groups attached to an aromatic ring is 1. The first kappa shape index (κ1) is 26.0. The molecule has 2 aromatic heterocycles. The van der Waals surface area contributed by atoms with Crippen molar-refractivity contribution in [3.8, 4) is 22.9 Å². The number of likely N-dealkylation sites (tertiary alicyclic amines) is 1. The number of hydrogen-bond donors (Lipinski definition) is 2. The molecule has 3 aromatic rings. The zero-order chi connectivity index (χ0) is 27.0. The van der Waals surface area contributed by atoms with Gasteiger partial charge in [0.05, 0.1) is 50.1 Å². The van der Waals surface area contributed by atoms with Crippen LogP contribution < -0.4 is 15.4 Å². The molecular weight excluding hydrogens is 498 g/mol. The molecule has 0 spiro atoms. The van der Waals surface area contributed by atoms with Crippen LogP contribution in [0.2, 0.25) is 0 Å². The van der Waals surface area contributed by atoms with Crippen LogP contribution in [0.5, 0.6) is 11.6 Å². The standard InChI is InChI=1S/C28H37N7O4/c1-19-13-20(14-23(28(36)5-10-38-18-28)25(19)34-8-11-37-12-9-34)24-16-30-26(29)27(32-24)39-22-15-31-35(17-22)21-3-6-33(2)7-4-21/h13-17,21,36H,3-12,18H2,1-2H3,(H2,29,30)/t28-/m1/s1. The smallest absolute Gasteiger partial charge is 0.263 e. The van der Waals surface area contributed by atoms with Gasteiger partial charge in [-0.3, -0.25) is 4.68 Å². The predicted molar refractivity (Wildman–Crippen MR) is 147 cm³/mol. The quantitative estimate of drug-likeness (QED) is 0.487. The number of benzene rings is 1. The summed E-state index contributed by atoms with van der Waals surface area (Å²) in [5.41, 5.74) is 9.48. The fourth-order valence-corrected chi connectivity index (χ4v) is 5.80. The van der Waals surface area contributed by atoms with E-state index in [1.165, 1.54) is 0 Å². The van der Waals surface area contributed by atoms with E-state index in [1.807, 2.05) is 16.9 Å². The average Bonchev–Trinajstić information content (AvgIpc) is 3.60. The van der Waals surface area contributed by atoms with Gasteiger partial charge in [-0.2, -0.15) is 5.10 Å². The fraction of sp³-hybridized carbons (Fsp3) is 0.536. The number of hydrogen-bond acceptors (Lipinski definition) is 10. The SMILES string of the molecule is Cc1cc(-c2cnc(N)c(Oc3cnn(C4CCN(C)CC4)c3)n2)cc([C@@]2(O)CCOC2)c1N1CCOCC1. The number of morpholine rings is 1. The molecule has 3 aliphatic heterocycles. The molecule has 0 saturated carbocycles. The monoisotopic (exact) mass is 535 g/mol. The van der Waals surface area contributed by atoms with E-state index in [1.54, 1.807) is 12.4 Å². The Morgan fingerprint density at radius 3 is 2.62 bits per heavy atom. The summed E-state index contributed by atoms with van der Waals surface area (Å²) >= 11 is 0. The van der Waals surface area contributed by atoms with Crippen molar-refractivity contribution in [1.82, 2.24) is 24.6 Å². The van der Waals surface area contributed by atoms with Gasteiger partial charge < -0.3 is 34.9 Å². The van der Waals surface area contributed by atoms with Gasteiger partial charge in [0.15, 0.2) is 11.6 Å². The molecule has 0 unspecified atom stereocenters. The van der Waals surface area contributed by atoms with E-state index >= 15 is 0 Å². The van der Waals surface area contributed by atoms with Crippen molar-refractivity contribution in [2.24, 2.45) is 0 Å². The first-order valence-electron chi connectivity index (χ1n) is 13.7. The number of aryl methyl sites for hydroxylation is 1. The number of aromatic nitrogens is 4. The molecular formula is C28H37N7O4. The van der Waals surface area contributed by atoms with Gasteiger partial charge in [0.2, 0.25) is 0 Å². The maximum atomic E-state index is 11.6. The van der Waals surface area contributed by atoms with Gasteiger partial charge in [-0.1, -0.05) is 0 Å². The highest BCUT2D eigenvalue weighted by atomic mass is 16.5. The number of rotatable bonds is 6. The highest BCUT2D eigenvalue weighted by molar-refractivity contribution is 5.72. The molecule has 208 valence electrons. The van der Waals surface area contributed by atoms with E-state index in [4.69, 9.17) is 24.9 Å². The summed E-state index contributed by atoms with van der Waals surface area (Å²) in [6, 6.07) is 4.44. The maximum absolute atomic E-state index is 11.6. The van der Waals surface area contributed by atoms with E-state index in [0.29, 0.717) is 43.7 Å². The lowest BCUT2D eigenvalue weighted by Crippen LogP contribution is -2.39. The summed E-state index contributed by atoms with van der Waals surface area (Å²) in [7, 11) is 2.14. The van der Waals surface area contributed by atoms with E-state index in [0.717, 1.165) is 61.4 Å². The third-order valence-corrected chi connectivity index (χ3v) is 8.05. The summed E-state index contributed by atoms with van der Waals surface area (Å²) in [6.45, 7) is 7.81. The lowest BCUT2D eigenvalue weighted by molar-refractivity contribution is 0.0233. The molecule has 0 radical (unpaired) electrons. The second-order valence-corrected chi connectivity index (χ2v) is 10.9. The van der Waals surface area contributed by atoms with Crippen molar-refractivity contribution < 1.29 is 19.3 Å². The highest BCUT2D eigenvalue weighted by Gasteiger charge is 2.38. The molecule has 39 heavy (non-hydrogen) atoms. The normalized spacial score (nSPS) is 22.9.